The third-order valence-corrected chi connectivity index (χ3v) is 8.44. The first-order valence-electron chi connectivity index (χ1n) is 6.28. The molecule has 0 spiro atoms. The summed E-state index contributed by atoms with van der Waals surface area (Å²) in [5, 5.41) is 0. The second-order valence-electron chi connectivity index (χ2n) is 4.89. The predicted octanol–water partition coefficient (Wildman–Crippen LogP) is 4.00. The fourth-order valence-electron chi connectivity index (χ4n) is 1.55. The van der Waals surface area contributed by atoms with E-state index < -0.39 is 8.07 Å². The number of rotatable bonds is 8. The lowest BCUT2D eigenvalue weighted by molar-refractivity contribution is -0.139. The molecule has 0 saturated carbocycles. The highest BCUT2D eigenvalue weighted by molar-refractivity contribution is 6.78. The summed E-state index contributed by atoms with van der Waals surface area (Å²) >= 11 is 0. The molecule has 2 nitrogen and oxygen atoms in total. The Labute approximate surface area is 101 Å². The van der Waals surface area contributed by atoms with Crippen LogP contribution in [0.25, 0.3) is 0 Å². The predicted molar refractivity (Wildman–Crippen MR) is 72.4 cm³/mol. The van der Waals surface area contributed by atoms with Gasteiger partial charge in [-0.05, 0) is 13.3 Å². The average molecular weight is 242 g/mol. The van der Waals surface area contributed by atoms with Gasteiger partial charge in [0.1, 0.15) is 0 Å². The molecule has 0 aliphatic heterocycles. The van der Waals surface area contributed by atoms with Crippen molar-refractivity contribution in [3.63, 3.8) is 0 Å². The lowest BCUT2D eigenvalue weighted by atomic mass is 10.3. The second kappa shape index (κ2) is 7.66. The third kappa shape index (κ3) is 6.11. The molecule has 0 atom stereocenters. The number of carbonyl (C=O) groups is 1. The fraction of sp³-hybridized carbons (Fsp3) is 0.769. The Morgan fingerprint density at radius 1 is 1.25 bits per heavy atom. The van der Waals surface area contributed by atoms with E-state index in [1.165, 1.54) is 24.6 Å². The van der Waals surface area contributed by atoms with Gasteiger partial charge in [0, 0.05) is 13.6 Å². The standard InChI is InChI=1S/C13H26O2Si/c1-6-16(5,7-2)11-9-8-10-15-13(14)12(3)4/h3,6-11H2,1-2,4-5H3. The van der Waals surface area contributed by atoms with Crippen LogP contribution in [0.3, 0.4) is 0 Å². The maximum atomic E-state index is 11.1. The van der Waals surface area contributed by atoms with Crippen molar-refractivity contribution in [2.75, 3.05) is 6.61 Å². The number of ether oxygens (including phenoxy) is 1. The van der Waals surface area contributed by atoms with Crippen molar-refractivity contribution >= 4 is 14.0 Å². The van der Waals surface area contributed by atoms with Crippen LogP contribution in [0.4, 0.5) is 0 Å². The molecule has 0 bridgehead atoms. The summed E-state index contributed by atoms with van der Waals surface area (Å²) in [4.78, 5) is 11.1. The molecule has 16 heavy (non-hydrogen) atoms. The number of esters is 1. The first-order chi connectivity index (χ1) is 7.45. The van der Waals surface area contributed by atoms with E-state index >= 15 is 0 Å². The minimum Gasteiger partial charge on any atom is -0.462 e. The molecule has 0 unspecified atom stereocenters. The highest BCUT2D eigenvalue weighted by Gasteiger charge is 2.21. The van der Waals surface area contributed by atoms with Crippen molar-refractivity contribution < 1.29 is 9.53 Å². The van der Waals surface area contributed by atoms with E-state index in [0.717, 1.165) is 6.42 Å². The van der Waals surface area contributed by atoms with E-state index in [1.54, 1.807) is 6.92 Å². The SMILES string of the molecule is C=C(C)C(=O)OCCCC[Si](C)(CC)CC. The van der Waals surface area contributed by atoms with Crippen molar-refractivity contribution in [1.29, 1.82) is 0 Å². The quantitative estimate of drug-likeness (QED) is 0.278. The van der Waals surface area contributed by atoms with Crippen LogP contribution in [0.2, 0.25) is 24.7 Å². The van der Waals surface area contributed by atoms with Gasteiger partial charge in [-0.15, -0.1) is 0 Å². The summed E-state index contributed by atoms with van der Waals surface area (Å²) in [6.07, 6.45) is 2.18. The normalized spacial score (nSPS) is 11.2. The molecular formula is C13H26O2Si. The molecular weight excluding hydrogens is 216 g/mol. The van der Waals surface area contributed by atoms with E-state index in [4.69, 9.17) is 4.74 Å². The van der Waals surface area contributed by atoms with Crippen LogP contribution in [0.1, 0.15) is 33.6 Å². The summed E-state index contributed by atoms with van der Waals surface area (Å²) < 4.78 is 5.06. The number of carbonyl (C=O) groups excluding carboxylic acids is 1. The topological polar surface area (TPSA) is 26.3 Å². The Morgan fingerprint density at radius 3 is 2.25 bits per heavy atom. The monoisotopic (exact) mass is 242 g/mol. The van der Waals surface area contributed by atoms with Crippen LogP contribution in [-0.4, -0.2) is 20.7 Å². The van der Waals surface area contributed by atoms with Crippen molar-refractivity contribution in [1.82, 2.24) is 0 Å². The van der Waals surface area contributed by atoms with Crippen LogP contribution in [0, 0.1) is 0 Å². The molecule has 0 N–H and O–H groups in total. The highest BCUT2D eigenvalue weighted by Crippen LogP contribution is 2.22. The molecule has 94 valence electrons. The lowest BCUT2D eigenvalue weighted by Crippen LogP contribution is -2.27. The zero-order valence-electron chi connectivity index (χ0n) is 11.3. The maximum absolute atomic E-state index is 11.1. The van der Waals surface area contributed by atoms with E-state index in [2.05, 4.69) is 27.0 Å². The molecule has 0 saturated heterocycles. The molecule has 0 radical (unpaired) electrons. The van der Waals surface area contributed by atoms with Crippen LogP contribution < -0.4 is 0 Å². The van der Waals surface area contributed by atoms with Gasteiger partial charge in [-0.2, -0.15) is 0 Å². The van der Waals surface area contributed by atoms with E-state index in [1.807, 2.05) is 0 Å². The molecule has 0 aliphatic rings. The summed E-state index contributed by atoms with van der Waals surface area (Å²) in [7, 11) is -0.954. The molecule has 0 aromatic rings. The van der Waals surface area contributed by atoms with E-state index in [0.29, 0.717) is 12.2 Å². The van der Waals surface area contributed by atoms with Gasteiger partial charge in [0.05, 0.1) is 6.61 Å². The highest BCUT2D eigenvalue weighted by atomic mass is 28.3. The number of hydrogen-bond acceptors (Lipinski definition) is 2. The zero-order valence-corrected chi connectivity index (χ0v) is 12.3. The van der Waals surface area contributed by atoms with E-state index in [-0.39, 0.29) is 5.97 Å². The van der Waals surface area contributed by atoms with E-state index in [9.17, 15) is 4.79 Å². The lowest BCUT2D eigenvalue weighted by Gasteiger charge is -2.23. The second-order valence-corrected chi connectivity index (χ2v) is 10.4. The molecule has 3 heteroatoms. The number of unbranched alkanes of at least 4 members (excludes halogenated alkanes) is 1. The number of hydrogen-bond donors (Lipinski definition) is 0. The van der Waals surface area contributed by atoms with Crippen LogP contribution in [0.5, 0.6) is 0 Å². The molecule has 0 aliphatic carbocycles. The molecule has 0 fully saturated rings. The van der Waals surface area contributed by atoms with Gasteiger partial charge in [-0.1, -0.05) is 51.5 Å². The van der Waals surface area contributed by atoms with Crippen molar-refractivity contribution in [3.8, 4) is 0 Å². The Kier molecular flexibility index (Phi) is 7.39. The summed E-state index contributed by atoms with van der Waals surface area (Å²) in [6, 6.07) is 4.06. The van der Waals surface area contributed by atoms with Crippen LogP contribution in [0.15, 0.2) is 12.2 Å². The van der Waals surface area contributed by atoms with Gasteiger partial charge >= 0.3 is 5.97 Å². The first kappa shape index (κ1) is 15.4. The van der Waals surface area contributed by atoms with Gasteiger partial charge in [-0.3, -0.25) is 0 Å². The molecule has 0 amide bonds. The van der Waals surface area contributed by atoms with Gasteiger partial charge in [0.2, 0.25) is 0 Å². The Hall–Kier alpha value is -0.573. The minimum atomic E-state index is -0.954. The van der Waals surface area contributed by atoms with Crippen molar-refractivity contribution in [2.45, 2.75) is 58.3 Å². The minimum absolute atomic E-state index is 0.258. The van der Waals surface area contributed by atoms with Gasteiger partial charge in [-0.25, -0.2) is 4.79 Å². The van der Waals surface area contributed by atoms with Crippen molar-refractivity contribution in [3.05, 3.63) is 12.2 Å². The third-order valence-electron chi connectivity index (χ3n) is 3.46. The Bertz CT molecular complexity index is 232. The van der Waals surface area contributed by atoms with Gasteiger partial charge in [0.25, 0.3) is 0 Å². The summed E-state index contributed by atoms with van der Waals surface area (Å²) in [6.45, 7) is 12.8. The van der Waals surface area contributed by atoms with Crippen LogP contribution in [-0.2, 0) is 9.53 Å². The Balaban J connectivity index is 3.61. The Morgan fingerprint density at radius 2 is 1.81 bits per heavy atom. The van der Waals surface area contributed by atoms with Crippen LogP contribution >= 0.6 is 0 Å². The average Bonchev–Trinajstić information content (AvgIpc) is 2.27. The largest absolute Gasteiger partial charge is 0.462 e. The first-order valence-corrected chi connectivity index (χ1v) is 9.40. The fourth-order valence-corrected chi connectivity index (χ4v) is 3.86. The zero-order chi connectivity index (χ0) is 12.6. The van der Waals surface area contributed by atoms with Crippen molar-refractivity contribution in [2.24, 2.45) is 0 Å². The summed E-state index contributed by atoms with van der Waals surface area (Å²) in [5.74, 6) is -0.258. The molecule has 0 aromatic heterocycles. The van der Waals surface area contributed by atoms with Gasteiger partial charge < -0.3 is 4.74 Å². The maximum Gasteiger partial charge on any atom is 0.333 e. The smallest absolute Gasteiger partial charge is 0.333 e. The van der Waals surface area contributed by atoms with Gasteiger partial charge in [0.15, 0.2) is 0 Å². The molecule has 0 heterocycles. The summed E-state index contributed by atoms with van der Waals surface area (Å²) in [5.41, 5.74) is 0.487. The molecule has 0 aromatic carbocycles. The molecule has 0 rings (SSSR count).